The molecule has 2 fully saturated rings. The van der Waals surface area contributed by atoms with Crippen LogP contribution in [0.1, 0.15) is 52.9 Å². The monoisotopic (exact) mass is 284 g/mol. The quantitative estimate of drug-likeness (QED) is 0.780. The van der Waals surface area contributed by atoms with Gasteiger partial charge >= 0.3 is 0 Å². The molecule has 2 rings (SSSR count). The molecular formula is C15H28N2OS. The number of carbonyl (C=O) groups is 1. The SMILES string of the molecule is CCCC1NC(CC(C)C)C(=O)N1CC1(SC)CC1. The molecule has 1 N–H and O–H groups in total. The number of thioether (sulfide) groups is 1. The molecule has 1 aliphatic heterocycles. The predicted molar refractivity (Wildman–Crippen MR) is 82.3 cm³/mol. The smallest absolute Gasteiger partial charge is 0.241 e. The van der Waals surface area contributed by atoms with E-state index in [4.69, 9.17) is 0 Å². The van der Waals surface area contributed by atoms with Crippen LogP contribution in [-0.2, 0) is 4.79 Å². The molecule has 2 atom stereocenters. The van der Waals surface area contributed by atoms with Crippen LogP contribution in [0, 0.1) is 5.92 Å². The molecule has 2 aliphatic rings. The van der Waals surface area contributed by atoms with Crippen molar-refractivity contribution in [2.24, 2.45) is 5.92 Å². The summed E-state index contributed by atoms with van der Waals surface area (Å²) in [5.41, 5.74) is 0. The second-order valence-electron chi connectivity index (χ2n) is 6.51. The van der Waals surface area contributed by atoms with Gasteiger partial charge in [-0.15, -0.1) is 0 Å². The van der Waals surface area contributed by atoms with E-state index in [2.05, 4.69) is 37.2 Å². The van der Waals surface area contributed by atoms with Crippen molar-refractivity contribution in [2.45, 2.75) is 69.8 Å². The van der Waals surface area contributed by atoms with Crippen molar-refractivity contribution in [3.8, 4) is 0 Å². The minimum absolute atomic E-state index is 0.0502. The van der Waals surface area contributed by atoms with Crippen molar-refractivity contribution in [2.75, 3.05) is 12.8 Å². The number of rotatable bonds is 7. The van der Waals surface area contributed by atoms with Crippen LogP contribution in [-0.4, -0.2) is 40.6 Å². The zero-order valence-electron chi connectivity index (χ0n) is 12.7. The van der Waals surface area contributed by atoms with Crippen molar-refractivity contribution < 1.29 is 4.79 Å². The third-order valence-electron chi connectivity index (χ3n) is 4.32. The van der Waals surface area contributed by atoms with E-state index >= 15 is 0 Å². The second-order valence-corrected chi connectivity index (χ2v) is 7.78. The molecule has 110 valence electrons. The summed E-state index contributed by atoms with van der Waals surface area (Å²) in [7, 11) is 0. The van der Waals surface area contributed by atoms with Crippen molar-refractivity contribution in [1.29, 1.82) is 0 Å². The molecule has 0 bridgehead atoms. The lowest BCUT2D eigenvalue weighted by atomic mass is 10.0. The first-order valence-electron chi connectivity index (χ1n) is 7.63. The van der Waals surface area contributed by atoms with Gasteiger partial charge in [-0.1, -0.05) is 27.2 Å². The lowest BCUT2D eigenvalue weighted by Crippen LogP contribution is -2.41. The van der Waals surface area contributed by atoms with Gasteiger partial charge in [-0.25, -0.2) is 0 Å². The summed E-state index contributed by atoms with van der Waals surface area (Å²) < 4.78 is 0.371. The maximum Gasteiger partial charge on any atom is 0.241 e. The third-order valence-corrected chi connectivity index (χ3v) is 5.72. The van der Waals surface area contributed by atoms with Crippen LogP contribution in [0.15, 0.2) is 0 Å². The van der Waals surface area contributed by atoms with Crippen LogP contribution in [0.2, 0.25) is 0 Å². The maximum atomic E-state index is 12.6. The Morgan fingerprint density at radius 3 is 2.63 bits per heavy atom. The van der Waals surface area contributed by atoms with E-state index in [1.165, 1.54) is 12.8 Å². The van der Waals surface area contributed by atoms with Gasteiger partial charge in [-0.2, -0.15) is 11.8 Å². The fraction of sp³-hybridized carbons (Fsp3) is 0.933. The molecule has 1 aliphatic carbocycles. The molecule has 1 saturated heterocycles. The molecule has 19 heavy (non-hydrogen) atoms. The van der Waals surface area contributed by atoms with Crippen LogP contribution in [0.5, 0.6) is 0 Å². The summed E-state index contributed by atoms with van der Waals surface area (Å²) in [6, 6.07) is 0.0502. The van der Waals surface area contributed by atoms with E-state index in [0.29, 0.717) is 16.6 Å². The summed E-state index contributed by atoms with van der Waals surface area (Å²) in [6.07, 6.45) is 8.15. The van der Waals surface area contributed by atoms with Crippen LogP contribution in [0.25, 0.3) is 0 Å². The van der Waals surface area contributed by atoms with Gasteiger partial charge in [0.25, 0.3) is 0 Å². The fourth-order valence-electron chi connectivity index (χ4n) is 2.96. The fourth-order valence-corrected chi connectivity index (χ4v) is 3.74. The summed E-state index contributed by atoms with van der Waals surface area (Å²) in [4.78, 5) is 14.7. The summed E-state index contributed by atoms with van der Waals surface area (Å²) in [6.45, 7) is 7.52. The van der Waals surface area contributed by atoms with Gasteiger partial charge in [0.2, 0.25) is 5.91 Å². The number of hydrogen-bond acceptors (Lipinski definition) is 3. The van der Waals surface area contributed by atoms with E-state index in [0.717, 1.165) is 25.8 Å². The zero-order chi connectivity index (χ0) is 14.0. The largest absolute Gasteiger partial charge is 0.324 e. The van der Waals surface area contributed by atoms with E-state index in [-0.39, 0.29) is 12.2 Å². The van der Waals surface area contributed by atoms with E-state index < -0.39 is 0 Å². The molecule has 0 spiro atoms. The maximum absolute atomic E-state index is 12.6. The average molecular weight is 284 g/mol. The zero-order valence-corrected chi connectivity index (χ0v) is 13.6. The topological polar surface area (TPSA) is 32.3 Å². The first-order valence-corrected chi connectivity index (χ1v) is 8.85. The van der Waals surface area contributed by atoms with Gasteiger partial charge in [0.15, 0.2) is 0 Å². The standard InChI is InChI=1S/C15H28N2OS/c1-5-6-13-16-12(9-11(2)3)14(18)17(13)10-15(19-4)7-8-15/h11-13,16H,5-10H2,1-4H3. The molecule has 0 aromatic heterocycles. The molecule has 0 radical (unpaired) electrons. The Kier molecular flexibility index (Phi) is 4.83. The number of carbonyl (C=O) groups excluding carboxylic acids is 1. The Bertz CT molecular complexity index is 328. The Morgan fingerprint density at radius 1 is 1.47 bits per heavy atom. The average Bonchev–Trinajstić information content (AvgIpc) is 3.08. The Hall–Kier alpha value is -0.220. The van der Waals surface area contributed by atoms with Gasteiger partial charge in [-0.3, -0.25) is 10.1 Å². The molecule has 1 saturated carbocycles. The van der Waals surface area contributed by atoms with Crippen molar-refractivity contribution in [3.63, 3.8) is 0 Å². The Balaban J connectivity index is 2.02. The van der Waals surface area contributed by atoms with Crippen molar-refractivity contribution in [3.05, 3.63) is 0 Å². The van der Waals surface area contributed by atoms with Crippen LogP contribution >= 0.6 is 11.8 Å². The van der Waals surface area contributed by atoms with Gasteiger partial charge in [0, 0.05) is 11.3 Å². The van der Waals surface area contributed by atoms with Gasteiger partial charge < -0.3 is 4.90 Å². The molecule has 1 amide bonds. The number of hydrogen-bond donors (Lipinski definition) is 1. The molecular weight excluding hydrogens is 256 g/mol. The van der Waals surface area contributed by atoms with Crippen molar-refractivity contribution in [1.82, 2.24) is 10.2 Å². The van der Waals surface area contributed by atoms with Crippen LogP contribution in [0.3, 0.4) is 0 Å². The minimum atomic E-state index is 0.0502. The van der Waals surface area contributed by atoms with E-state index in [1.807, 2.05) is 11.8 Å². The van der Waals surface area contributed by atoms with Gasteiger partial charge in [-0.05, 0) is 37.9 Å². The highest BCUT2D eigenvalue weighted by atomic mass is 32.2. The Labute approximate surface area is 121 Å². The normalized spacial score (nSPS) is 29.3. The first-order chi connectivity index (χ1) is 9.01. The van der Waals surface area contributed by atoms with E-state index in [1.54, 1.807) is 0 Å². The van der Waals surface area contributed by atoms with Crippen LogP contribution in [0.4, 0.5) is 0 Å². The van der Waals surface area contributed by atoms with Gasteiger partial charge in [0.1, 0.15) is 0 Å². The lowest BCUT2D eigenvalue weighted by molar-refractivity contribution is -0.130. The predicted octanol–water partition coefficient (Wildman–Crippen LogP) is 2.85. The third kappa shape index (κ3) is 3.46. The minimum Gasteiger partial charge on any atom is -0.324 e. The summed E-state index contributed by atoms with van der Waals surface area (Å²) in [5, 5.41) is 3.56. The highest BCUT2D eigenvalue weighted by Crippen LogP contribution is 2.48. The van der Waals surface area contributed by atoms with Crippen LogP contribution < -0.4 is 5.32 Å². The lowest BCUT2D eigenvalue weighted by Gasteiger charge is -2.27. The summed E-state index contributed by atoms with van der Waals surface area (Å²) in [5.74, 6) is 0.909. The number of amides is 1. The molecule has 0 aromatic carbocycles. The molecule has 3 nitrogen and oxygen atoms in total. The second kappa shape index (κ2) is 6.04. The molecule has 2 unspecified atom stereocenters. The number of nitrogens with one attached hydrogen (secondary N) is 1. The molecule has 1 heterocycles. The Morgan fingerprint density at radius 2 is 2.16 bits per heavy atom. The summed E-state index contributed by atoms with van der Waals surface area (Å²) >= 11 is 1.94. The highest BCUT2D eigenvalue weighted by Gasteiger charge is 2.48. The highest BCUT2D eigenvalue weighted by molar-refractivity contribution is 8.00. The molecule has 0 aromatic rings. The van der Waals surface area contributed by atoms with E-state index in [9.17, 15) is 4.79 Å². The number of nitrogens with zero attached hydrogens (tertiary/aromatic N) is 1. The molecule has 4 heteroatoms. The van der Waals surface area contributed by atoms with Crippen molar-refractivity contribution >= 4 is 17.7 Å². The van der Waals surface area contributed by atoms with Gasteiger partial charge in [0.05, 0.1) is 12.2 Å². The first kappa shape index (κ1) is 15.2.